The van der Waals surface area contributed by atoms with E-state index in [-0.39, 0.29) is 35.1 Å². The van der Waals surface area contributed by atoms with Crippen LogP contribution in [-0.4, -0.2) is 19.1 Å². The van der Waals surface area contributed by atoms with Gasteiger partial charge >= 0.3 is 29.6 Å². The van der Waals surface area contributed by atoms with Gasteiger partial charge < -0.3 is 14.8 Å². The molecule has 0 saturated carbocycles. The van der Waals surface area contributed by atoms with Crippen LogP contribution in [0.3, 0.4) is 0 Å². The smallest absolute Gasteiger partial charge is 0.545 e. The molecule has 0 amide bonds. The maximum Gasteiger partial charge on any atom is 1.00 e. The van der Waals surface area contributed by atoms with E-state index in [0.717, 1.165) is 18.8 Å². The van der Waals surface area contributed by atoms with E-state index in [0.29, 0.717) is 0 Å². The molecule has 1 aromatic rings. The van der Waals surface area contributed by atoms with Crippen molar-refractivity contribution in [3.63, 3.8) is 0 Å². The number of aromatic carboxylic acids is 1. The van der Waals surface area contributed by atoms with Gasteiger partial charge in [0.1, 0.15) is 0 Å². The fraction of sp³-hybridized carbons (Fsp3) is 0.364. The summed E-state index contributed by atoms with van der Waals surface area (Å²) in [7, 11) is 0. The van der Waals surface area contributed by atoms with Crippen molar-refractivity contribution in [2.24, 2.45) is 0 Å². The second-order valence-corrected chi connectivity index (χ2v) is 3.01. The molecule has 0 saturated heterocycles. The fourth-order valence-corrected chi connectivity index (χ4v) is 1.40. The number of rotatable bonds is 4. The van der Waals surface area contributed by atoms with E-state index >= 15 is 0 Å². The monoisotopic (exact) mass is 215 g/mol. The van der Waals surface area contributed by atoms with Gasteiger partial charge in [-0.15, -0.1) is 0 Å². The number of anilines is 1. The number of hydrogen-bond donors (Lipinski definition) is 0. The zero-order valence-electron chi connectivity index (χ0n) is 9.49. The van der Waals surface area contributed by atoms with Gasteiger partial charge in [0.15, 0.2) is 0 Å². The van der Waals surface area contributed by atoms with Gasteiger partial charge in [0.2, 0.25) is 0 Å². The van der Waals surface area contributed by atoms with Crippen molar-refractivity contribution >= 4 is 11.7 Å². The van der Waals surface area contributed by atoms with E-state index in [1.807, 2.05) is 0 Å². The molecule has 0 aliphatic carbocycles. The molecule has 3 nitrogen and oxygen atoms in total. The molecule has 0 aliphatic rings. The van der Waals surface area contributed by atoms with Gasteiger partial charge in [-0.25, -0.2) is 0 Å². The summed E-state index contributed by atoms with van der Waals surface area (Å²) >= 11 is 0. The van der Waals surface area contributed by atoms with Crippen molar-refractivity contribution < 1.29 is 39.5 Å². The predicted octanol–water partition coefficient (Wildman–Crippen LogP) is -2.10. The van der Waals surface area contributed by atoms with E-state index in [9.17, 15) is 9.90 Å². The Morgan fingerprint density at radius 2 is 1.67 bits per heavy atom. The van der Waals surface area contributed by atoms with Crippen molar-refractivity contribution in [1.29, 1.82) is 0 Å². The molecule has 1 rings (SSSR count). The minimum atomic E-state index is -1.13. The van der Waals surface area contributed by atoms with Crippen LogP contribution in [0.15, 0.2) is 24.3 Å². The van der Waals surface area contributed by atoms with Gasteiger partial charge in [-0.3, -0.25) is 0 Å². The van der Waals surface area contributed by atoms with Gasteiger partial charge in [-0.05, 0) is 31.5 Å². The topological polar surface area (TPSA) is 43.4 Å². The van der Waals surface area contributed by atoms with Crippen LogP contribution in [-0.2, 0) is 0 Å². The Balaban J connectivity index is 0.00000196. The summed E-state index contributed by atoms with van der Waals surface area (Å²) in [5.74, 6) is -1.13. The van der Waals surface area contributed by atoms with Crippen molar-refractivity contribution in [3.05, 3.63) is 29.8 Å². The molecule has 0 radical (unpaired) electrons. The summed E-state index contributed by atoms with van der Waals surface area (Å²) in [6.45, 7) is 5.97. The maximum atomic E-state index is 10.5. The molecule has 0 aliphatic heterocycles. The van der Waals surface area contributed by atoms with Crippen LogP contribution < -0.4 is 39.6 Å². The van der Waals surface area contributed by atoms with E-state index in [4.69, 9.17) is 0 Å². The van der Waals surface area contributed by atoms with Gasteiger partial charge in [-0.1, -0.05) is 12.1 Å². The molecule has 76 valence electrons. The minimum absolute atomic E-state index is 0. The average Bonchev–Trinajstić information content (AvgIpc) is 2.20. The standard InChI is InChI=1S/C11H15NO2.Na/c1-3-12(4-2)10-7-5-9(6-8-10)11(13)14;/h5-8H,3-4H2,1-2H3,(H,13,14);/q;+1/p-1. The molecule has 1 aromatic carbocycles. The number of nitrogens with zero attached hydrogens (tertiary/aromatic N) is 1. The first kappa shape index (κ1) is 14.5. The minimum Gasteiger partial charge on any atom is -0.545 e. The quantitative estimate of drug-likeness (QED) is 0.540. The third-order valence-electron chi connectivity index (χ3n) is 2.23. The molecule has 0 bridgehead atoms. The van der Waals surface area contributed by atoms with Crippen molar-refractivity contribution in [2.75, 3.05) is 18.0 Å². The number of carboxylic acid groups (broad SMARTS) is 1. The first-order chi connectivity index (χ1) is 6.69. The second kappa shape index (κ2) is 6.88. The SMILES string of the molecule is CCN(CC)c1ccc(C(=O)[O-])cc1.[Na+]. The Kier molecular flexibility index (Phi) is 6.65. The van der Waals surface area contributed by atoms with Crippen molar-refractivity contribution in [1.82, 2.24) is 0 Å². The first-order valence-electron chi connectivity index (χ1n) is 4.75. The Hall–Kier alpha value is -0.510. The molecule has 0 unspecified atom stereocenters. The number of hydrogen-bond acceptors (Lipinski definition) is 3. The number of carboxylic acids is 1. The molecular formula is C11H14NNaO2. The van der Waals surface area contributed by atoms with E-state index in [2.05, 4.69) is 18.7 Å². The zero-order chi connectivity index (χ0) is 10.6. The molecule has 0 atom stereocenters. The molecule has 0 fully saturated rings. The predicted molar refractivity (Wildman–Crippen MR) is 54.3 cm³/mol. The third-order valence-corrected chi connectivity index (χ3v) is 2.23. The van der Waals surface area contributed by atoms with Crippen molar-refractivity contribution in [3.8, 4) is 0 Å². The van der Waals surface area contributed by atoms with E-state index in [1.165, 1.54) is 0 Å². The Morgan fingerprint density at radius 3 is 2.00 bits per heavy atom. The molecule has 0 N–H and O–H groups in total. The van der Waals surface area contributed by atoms with Gasteiger partial charge in [0, 0.05) is 18.8 Å². The molecule has 0 aromatic heterocycles. The van der Waals surface area contributed by atoms with E-state index < -0.39 is 5.97 Å². The zero-order valence-corrected chi connectivity index (χ0v) is 11.5. The normalized spacial score (nSPS) is 9.20. The largest absolute Gasteiger partial charge is 1.00 e. The van der Waals surface area contributed by atoms with Gasteiger partial charge in [0.25, 0.3) is 0 Å². The molecule has 0 spiro atoms. The molecule has 4 heteroatoms. The fourth-order valence-electron chi connectivity index (χ4n) is 1.40. The van der Waals surface area contributed by atoms with Crippen LogP contribution in [0.1, 0.15) is 24.2 Å². The van der Waals surface area contributed by atoms with Crippen LogP contribution >= 0.6 is 0 Å². The number of carbonyl (C=O) groups is 1. The van der Waals surface area contributed by atoms with Gasteiger partial charge in [0.05, 0.1) is 5.97 Å². The molecule has 15 heavy (non-hydrogen) atoms. The third kappa shape index (κ3) is 3.86. The Morgan fingerprint density at radius 1 is 1.20 bits per heavy atom. The molecular weight excluding hydrogens is 201 g/mol. The summed E-state index contributed by atoms with van der Waals surface area (Å²) < 4.78 is 0. The molecule has 0 heterocycles. The summed E-state index contributed by atoms with van der Waals surface area (Å²) in [5, 5.41) is 10.5. The Labute approximate surface area is 112 Å². The van der Waals surface area contributed by atoms with Crippen LogP contribution in [0.2, 0.25) is 0 Å². The maximum absolute atomic E-state index is 10.5. The number of carbonyl (C=O) groups excluding carboxylic acids is 1. The van der Waals surface area contributed by atoms with Gasteiger partial charge in [-0.2, -0.15) is 0 Å². The first-order valence-corrected chi connectivity index (χ1v) is 4.75. The summed E-state index contributed by atoms with van der Waals surface area (Å²) in [6.07, 6.45) is 0. The van der Waals surface area contributed by atoms with Crippen LogP contribution in [0.4, 0.5) is 5.69 Å². The number of benzene rings is 1. The van der Waals surface area contributed by atoms with Crippen molar-refractivity contribution in [2.45, 2.75) is 13.8 Å². The van der Waals surface area contributed by atoms with E-state index in [1.54, 1.807) is 24.3 Å². The summed E-state index contributed by atoms with van der Waals surface area (Å²) in [4.78, 5) is 12.6. The Bertz CT molecular complexity index is 307. The summed E-state index contributed by atoms with van der Waals surface area (Å²) in [6, 6.07) is 6.75. The van der Waals surface area contributed by atoms with Crippen LogP contribution in [0.5, 0.6) is 0 Å². The summed E-state index contributed by atoms with van der Waals surface area (Å²) in [5.41, 5.74) is 1.26. The average molecular weight is 215 g/mol. The van der Waals surface area contributed by atoms with Crippen LogP contribution in [0, 0.1) is 0 Å². The second-order valence-electron chi connectivity index (χ2n) is 3.01. The van der Waals surface area contributed by atoms with Crippen LogP contribution in [0.25, 0.3) is 0 Å².